The number of allylic oxidation sites excluding steroid dienone is 1. The summed E-state index contributed by atoms with van der Waals surface area (Å²) in [6.07, 6.45) is 1.25. The second-order valence-corrected chi connectivity index (χ2v) is 7.09. The molecule has 0 aliphatic rings. The molecule has 0 saturated carbocycles. The third kappa shape index (κ3) is 2.75. The summed E-state index contributed by atoms with van der Waals surface area (Å²) in [7, 11) is -0.00746. The molecule has 0 aliphatic heterocycles. The Balaban J connectivity index is 4.90. The number of hydrogen-bond acceptors (Lipinski definition) is 0. The molecule has 0 aromatic rings. The van der Waals surface area contributed by atoms with E-state index >= 15 is 0 Å². The zero-order valence-corrected chi connectivity index (χ0v) is 10.3. The summed E-state index contributed by atoms with van der Waals surface area (Å²) in [6, 6.07) is 0. The van der Waals surface area contributed by atoms with Crippen molar-refractivity contribution in [3.05, 3.63) is 12.2 Å². The highest BCUT2D eigenvalue weighted by molar-refractivity contribution is 7.60. The van der Waals surface area contributed by atoms with Crippen molar-refractivity contribution in [2.24, 2.45) is 0 Å². The lowest BCUT2D eigenvalue weighted by molar-refractivity contribution is 0.677. The van der Waals surface area contributed by atoms with Crippen LogP contribution in [-0.2, 0) is 0 Å². The van der Waals surface area contributed by atoms with Crippen LogP contribution in [0.3, 0.4) is 0 Å². The minimum Gasteiger partial charge on any atom is -0.0921 e. The van der Waals surface area contributed by atoms with Crippen molar-refractivity contribution < 1.29 is 0 Å². The minimum atomic E-state index is -0.00746. The van der Waals surface area contributed by atoms with E-state index in [1.54, 1.807) is 0 Å². The lowest BCUT2D eigenvalue weighted by Gasteiger charge is -2.15. The maximum absolute atomic E-state index is 4.00. The van der Waals surface area contributed by atoms with Crippen LogP contribution >= 0.6 is 7.55 Å². The van der Waals surface area contributed by atoms with Gasteiger partial charge in [0.1, 0.15) is 18.0 Å². The summed E-state index contributed by atoms with van der Waals surface area (Å²) in [6.45, 7) is 17.7. The van der Waals surface area contributed by atoms with E-state index in [-0.39, 0.29) is 7.55 Å². The zero-order chi connectivity index (χ0) is 9.94. The average molecular weight is 185 g/mol. The van der Waals surface area contributed by atoms with Crippen molar-refractivity contribution in [1.29, 1.82) is 0 Å². The Bertz CT molecular complexity index is 209. The molecule has 0 nitrogen and oxygen atoms in total. The summed E-state index contributed by atoms with van der Waals surface area (Å²) in [5.74, 6) is 0. The molecule has 1 heteroatoms. The van der Waals surface area contributed by atoms with Crippen LogP contribution < -0.4 is 0 Å². The summed E-state index contributed by atoms with van der Waals surface area (Å²) in [5.41, 5.74) is 1.25. The minimum absolute atomic E-state index is 0.00746. The quantitative estimate of drug-likeness (QED) is 0.582. The van der Waals surface area contributed by atoms with Crippen LogP contribution in [0.1, 0.15) is 41.0 Å². The third-order valence-electron chi connectivity index (χ3n) is 2.89. The van der Waals surface area contributed by atoms with E-state index in [1.807, 2.05) is 0 Å². The lowest BCUT2D eigenvalue weighted by Crippen LogP contribution is -2.15. The van der Waals surface area contributed by atoms with E-state index in [9.17, 15) is 0 Å². The lowest BCUT2D eigenvalue weighted by atomic mass is 10.1. The molecule has 0 aliphatic carbocycles. The van der Waals surface area contributed by atoms with Gasteiger partial charge in [-0.3, -0.25) is 0 Å². The smallest absolute Gasteiger partial charge is 0.0921 e. The van der Waals surface area contributed by atoms with E-state index in [0.29, 0.717) is 5.16 Å². The maximum Gasteiger partial charge on any atom is 0.120 e. The first-order chi connectivity index (χ1) is 5.33. The van der Waals surface area contributed by atoms with Crippen LogP contribution in [0.4, 0.5) is 0 Å². The molecule has 70 valence electrons. The monoisotopic (exact) mass is 185 g/mol. The molecule has 0 rings (SSSR count). The van der Waals surface area contributed by atoms with Gasteiger partial charge in [0.15, 0.2) is 0 Å². The van der Waals surface area contributed by atoms with Gasteiger partial charge in [-0.15, -0.1) is 0 Å². The molecule has 0 radical (unpaired) electrons. The Kier molecular flexibility index (Phi) is 4.20. The molecule has 0 aromatic heterocycles. The molecule has 1 unspecified atom stereocenters. The van der Waals surface area contributed by atoms with Gasteiger partial charge in [0.2, 0.25) is 0 Å². The van der Waals surface area contributed by atoms with Crippen LogP contribution in [0, 0.1) is 0 Å². The molecule has 0 aromatic carbocycles. The van der Waals surface area contributed by atoms with Crippen molar-refractivity contribution in [2.45, 2.75) is 46.2 Å². The summed E-state index contributed by atoms with van der Waals surface area (Å²) in [5, 5.41) is 1.98. The van der Waals surface area contributed by atoms with Crippen molar-refractivity contribution in [1.82, 2.24) is 0 Å². The van der Waals surface area contributed by atoms with E-state index in [4.69, 9.17) is 0 Å². The topological polar surface area (TPSA) is 0 Å². The second kappa shape index (κ2) is 4.23. The zero-order valence-electron chi connectivity index (χ0n) is 9.36. The van der Waals surface area contributed by atoms with Gasteiger partial charge >= 0.3 is 0 Å². The van der Waals surface area contributed by atoms with Crippen LogP contribution in [-0.4, -0.2) is 17.1 Å². The largest absolute Gasteiger partial charge is 0.120 e. The highest BCUT2D eigenvalue weighted by Crippen LogP contribution is 2.41. The van der Waals surface area contributed by atoms with E-state index in [1.165, 1.54) is 17.3 Å². The fourth-order valence-corrected chi connectivity index (χ4v) is 2.93. The maximum atomic E-state index is 4.00. The summed E-state index contributed by atoms with van der Waals surface area (Å²) in [4.78, 5) is 0. The summed E-state index contributed by atoms with van der Waals surface area (Å²) >= 11 is 0. The fraction of sp³-hybridized carbons (Fsp3) is 0.727. The molecule has 0 bridgehead atoms. The van der Waals surface area contributed by atoms with E-state index < -0.39 is 0 Å². The Hall–Kier alpha value is -0.0900. The second-order valence-electron chi connectivity index (χ2n) is 4.09. The van der Waals surface area contributed by atoms with E-state index in [2.05, 4.69) is 47.9 Å². The van der Waals surface area contributed by atoms with Crippen molar-refractivity contribution in [3.8, 4) is 0 Å². The molecular weight excluding hydrogens is 163 g/mol. The van der Waals surface area contributed by atoms with Gasteiger partial charge in [-0.05, 0) is 32.8 Å². The van der Waals surface area contributed by atoms with Crippen molar-refractivity contribution >= 4 is 12.8 Å². The highest BCUT2D eigenvalue weighted by Gasteiger charge is 2.30. The van der Waals surface area contributed by atoms with Gasteiger partial charge in [-0.1, -0.05) is 13.5 Å². The molecule has 0 saturated heterocycles. The van der Waals surface area contributed by atoms with E-state index in [0.717, 1.165) is 0 Å². The first kappa shape index (κ1) is 11.9. The van der Waals surface area contributed by atoms with Crippen molar-refractivity contribution in [2.75, 3.05) is 6.66 Å². The van der Waals surface area contributed by atoms with Gasteiger partial charge in [-0.25, -0.2) is 0 Å². The number of rotatable bonds is 3. The van der Waals surface area contributed by atoms with Gasteiger partial charge < -0.3 is 0 Å². The Morgan fingerprint density at radius 2 is 1.75 bits per heavy atom. The van der Waals surface area contributed by atoms with Gasteiger partial charge in [0.25, 0.3) is 0 Å². The predicted octanol–water partition coefficient (Wildman–Crippen LogP) is 4.06. The molecule has 0 spiro atoms. The van der Waals surface area contributed by atoms with Crippen LogP contribution in [0.2, 0.25) is 0 Å². The molecule has 0 N–H and O–H groups in total. The van der Waals surface area contributed by atoms with Crippen molar-refractivity contribution in [3.63, 3.8) is 0 Å². The average Bonchev–Trinajstić information content (AvgIpc) is 2.01. The number of hydrogen-bond donors (Lipinski definition) is 0. The highest BCUT2D eigenvalue weighted by atomic mass is 31.1. The Morgan fingerprint density at radius 3 is 2.00 bits per heavy atom. The van der Waals surface area contributed by atoms with Crippen LogP contribution in [0.25, 0.3) is 0 Å². The molecule has 0 amide bonds. The normalized spacial score (nSPS) is 14.2. The standard InChI is InChI=1S/C11H22P/c1-8-11(5,6)12(7)10(4)9(2)3/h2,8H2,1,3-7H3/q+1. The fourth-order valence-electron chi connectivity index (χ4n) is 0.977. The first-order valence-electron chi connectivity index (χ1n) is 4.56. The molecule has 0 heterocycles. The predicted molar refractivity (Wildman–Crippen MR) is 62.7 cm³/mol. The SMILES string of the molecule is C=C(C)C(C)=[P+](C)C(C)(C)CC. The Morgan fingerprint density at radius 1 is 1.33 bits per heavy atom. The van der Waals surface area contributed by atoms with Crippen LogP contribution in [0.15, 0.2) is 12.2 Å². The Labute approximate surface area is 78.5 Å². The molecule has 1 atom stereocenters. The van der Waals surface area contributed by atoms with Gasteiger partial charge in [0, 0.05) is 6.92 Å². The van der Waals surface area contributed by atoms with Crippen LogP contribution in [0.5, 0.6) is 0 Å². The summed E-state index contributed by atoms with van der Waals surface area (Å²) < 4.78 is 0. The molecule has 0 fully saturated rings. The molecule has 12 heavy (non-hydrogen) atoms. The third-order valence-corrected chi connectivity index (χ3v) is 6.41. The molecular formula is C11H22P+. The van der Waals surface area contributed by atoms with Gasteiger partial charge in [0.05, 0.1) is 6.66 Å². The first-order valence-corrected chi connectivity index (χ1v) is 6.35. The van der Waals surface area contributed by atoms with Gasteiger partial charge in [-0.2, -0.15) is 0 Å².